The number of rotatable bonds is 3. The fourth-order valence-electron chi connectivity index (χ4n) is 2.34. The monoisotopic (exact) mass is 301 g/mol. The predicted molar refractivity (Wildman–Crippen MR) is 69.6 cm³/mol. The zero-order valence-electron chi connectivity index (χ0n) is 11.4. The number of carbonyl (C=O) groups excluding carboxylic acids is 1. The summed E-state index contributed by atoms with van der Waals surface area (Å²) in [5.74, 6) is -1.73. The third-order valence-electron chi connectivity index (χ3n) is 3.24. The highest BCUT2D eigenvalue weighted by molar-refractivity contribution is 5.93. The van der Waals surface area contributed by atoms with Gasteiger partial charge in [-0.05, 0) is 19.9 Å². The molecule has 0 saturated heterocycles. The van der Waals surface area contributed by atoms with E-state index in [0.717, 1.165) is 0 Å². The zero-order valence-corrected chi connectivity index (χ0v) is 11.4. The molecule has 0 aliphatic heterocycles. The Morgan fingerprint density at radius 2 is 1.95 bits per heavy atom. The Balaban J connectivity index is 2.76. The molecule has 0 amide bonds. The molecule has 2 rings (SSSR count). The average Bonchev–Trinajstić information content (AvgIpc) is 2.72. The van der Waals surface area contributed by atoms with Crippen molar-refractivity contribution < 1.29 is 27.8 Å². The van der Waals surface area contributed by atoms with Gasteiger partial charge in [0.15, 0.2) is 0 Å². The second kappa shape index (κ2) is 5.07. The lowest BCUT2D eigenvalue weighted by Gasteiger charge is -2.28. The molecule has 0 fully saturated rings. The Kier molecular flexibility index (Phi) is 3.71. The summed E-state index contributed by atoms with van der Waals surface area (Å²) < 4.78 is 44.6. The molecule has 7 heteroatoms. The number of hydrogen-bond acceptors (Lipinski definition) is 3. The molecule has 0 aliphatic rings. The topological polar surface area (TPSA) is 62.3 Å². The second-order valence-electron chi connectivity index (χ2n) is 4.60. The maximum absolute atomic E-state index is 13.4. The zero-order chi connectivity index (χ0) is 15.8. The van der Waals surface area contributed by atoms with E-state index in [2.05, 4.69) is 9.72 Å². The van der Waals surface area contributed by atoms with Crippen molar-refractivity contribution in [1.29, 1.82) is 0 Å². The summed E-state index contributed by atoms with van der Waals surface area (Å²) in [5.41, 5.74) is -3.77. The molecule has 2 N–H and O–H groups in total. The highest BCUT2D eigenvalue weighted by Gasteiger charge is 2.63. The van der Waals surface area contributed by atoms with E-state index in [0.29, 0.717) is 5.52 Å². The summed E-state index contributed by atoms with van der Waals surface area (Å²) in [6, 6.07) is 6.14. The molecule has 114 valence electrons. The first-order valence-electron chi connectivity index (χ1n) is 6.27. The minimum atomic E-state index is -5.20. The Hall–Kier alpha value is -2.02. The fourth-order valence-corrected chi connectivity index (χ4v) is 2.34. The number of hydrogen-bond donors (Lipinski definition) is 2. The largest absolute Gasteiger partial charge is 0.463 e. The van der Waals surface area contributed by atoms with Gasteiger partial charge in [-0.2, -0.15) is 13.2 Å². The van der Waals surface area contributed by atoms with Crippen molar-refractivity contribution in [3.05, 3.63) is 35.5 Å². The second-order valence-corrected chi connectivity index (χ2v) is 4.60. The SMILES string of the molecule is CCOC(=O)[C@@](O)(c1c(C)[nH]c2ccccc12)C(F)(F)F. The third kappa shape index (κ3) is 2.27. The van der Waals surface area contributed by atoms with E-state index >= 15 is 0 Å². The summed E-state index contributed by atoms with van der Waals surface area (Å²) in [5, 5.41) is 10.3. The molecule has 0 radical (unpaired) electrons. The van der Waals surface area contributed by atoms with Crippen molar-refractivity contribution in [2.45, 2.75) is 25.6 Å². The number of aryl methyl sites for hydroxylation is 1. The van der Waals surface area contributed by atoms with Gasteiger partial charge in [-0.15, -0.1) is 0 Å². The minimum absolute atomic E-state index is 0.0593. The number of aromatic nitrogens is 1. The Labute approximate surface area is 118 Å². The molecule has 2 aromatic rings. The van der Waals surface area contributed by atoms with Gasteiger partial charge < -0.3 is 14.8 Å². The van der Waals surface area contributed by atoms with E-state index in [1.807, 2.05) is 0 Å². The smallest absolute Gasteiger partial charge is 0.432 e. The number of benzene rings is 1. The van der Waals surface area contributed by atoms with Crippen LogP contribution in [0.5, 0.6) is 0 Å². The lowest BCUT2D eigenvalue weighted by Crippen LogP contribution is -2.50. The first-order valence-corrected chi connectivity index (χ1v) is 6.27. The summed E-state index contributed by atoms with van der Waals surface area (Å²) in [6.45, 7) is 2.47. The Bertz CT molecular complexity index is 678. The highest BCUT2D eigenvalue weighted by atomic mass is 19.4. The maximum atomic E-state index is 13.4. The van der Waals surface area contributed by atoms with Crippen LogP contribution in [-0.4, -0.2) is 28.8 Å². The van der Waals surface area contributed by atoms with Crippen molar-refractivity contribution in [2.75, 3.05) is 6.61 Å². The van der Waals surface area contributed by atoms with Gasteiger partial charge in [-0.1, -0.05) is 18.2 Å². The highest BCUT2D eigenvalue weighted by Crippen LogP contribution is 2.44. The molecular formula is C14H14F3NO3. The van der Waals surface area contributed by atoms with Crippen LogP contribution in [0, 0.1) is 6.92 Å². The van der Waals surface area contributed by atoms with Crippen LogP contribution in [0.1, 0.15) is 18.2 Å². The van der Waals surface area contributed by atoms with Gasteiger partial charge in [0.25, 0.3) is 5.60 Å². The molecule has 0 aliphatic carbocycles. The summed E-state index contributed by atoms with van der Waals surface area (Å²) >= 11 is 0. The van der Waals surface area contributed by atoms with E-state index in [-0.39, 0.29) is 17.7 Å². The van der Waals surface area contributed by atoms with Crippen LogP contribution >= 0.6 is 0 Å². The van der Waals surface area contributed by atoms with Crippen LogP contribution in [0.4, 0.5) is 13.2 Å². The van der Waals surface area contributed by atoms with Crippen LogP contribution < -0.4 is 0 Å². The predicted octanol–water partition coefficient (Wildman–Crippen LogP) is 2.79. The van der Waals surface area contributed by atoms with Gasteiger partial charge in [0, 0.05) is 22.2 Å². The molecular weight excluding hydrogens is 287 g/mol. The number of halogens is 3. The summed E-state index contributed by atoms with van der Waals surface area (Å²) in [7, 11) is 0. The first kappa shape index (κ1) is 15.4. The standard InChI is InChI=1S/C14H14F3NO3/c1-3-21-12(19)13(20,14(15,16)17)11-8(2)18-10-7-5-4-6-9(10)11/h4-7,18,20H,3H2,1-2H3/t13-/m0/s1. The van der Waals surface area contributed by atoms with Gasteiger partial charge in [-0.25, -0.2) is 4.79 Å². The van der Waals surface area contributed by atoms with E-state index in [4.69, 9.17) is 0 Å². The number of nitrogens with one attached hydrogen (secondary N) is 1. The molecule has 0 unspecified atom stereocenters. The number of aromatic amines is 1. The number of ether oxygens (including phenoxy) is 1. The van der Waals surface area contributed by atoms with Gasteiger partial charge in [-0.3, -0.25) is 0 Å². The molecule has 1 heterocycles. The summed E-state index contributed by atoms with van der Waals surface area (Å²) in [4.78, 5) is 14.5. The van der Waals surface area contributed by atoms with Crippen molar-refractivity contribution in [3.63, 3.8) is 0 Å². The van der Waals surface area contributed by atoms with Crippen molar-refractivity contribution in [2.24, 2.45) is 0 Å². The molecule has 1 atom stereocenters. The van der Waals surface area contributed by atoms with Gasteiger partial charge in [0.1, 0.15) is 0 Å². The maximum Gasteiger partial charge on any atom is 0.432 e. The molecule has 21 heavy (non-hydrogen) atoms. The van der Waals surface area contributed by atoms with Gasteiger partial charge >= 0.3 is 12.1 Å². The lowest BCUT2D eigenvalue weighted by atomic mass is 9.90. The summed E-state index contributed by atoms with van der Waals surface area (Å²) in [6.07, 6.45) is -5.20. The van der Waals surface area contributed by atoms with E-state index in [1.165, 1.54) is 26.0 Å². The van der Waals surface area contributed by atoms with Gasteiger partial charge in [0.05, 0.1) is 6.61 Å². The average molecular weight is 301 g/mol. The minimum Gasteiger partial charge on any atom is -0.463 e. The van der Waals surface area contributed by atoms with Crippen LogP contribution in [-0.2, 0) is 15.1 Å². The van der Waals surface area contributed by atoms with Gasteiger partial charge in [0.2, 0.25) is 0 Å². The first-order chi connectivity index (χ1) is 9.73. The number of H-pyrrole nitrogens is 1. The number of alkyl halides is 3. The van der Waals surface area contributed by atoms with E-state index < -0.39 is 23.3 Å². The quantitative estimate of drug-likeness (QED) is 0.857. The number of esters is 1. The Morgan fingerprint density at radius 1 is 1.33 bits per heavy atom. The van der Waals surface area contributed by atoms with Crippen molar-refractivity contribution in [1.82, 2.24) is 4.98 Å². The van der Waals surface area contributed by atoms with E-state index in [1.54, 1.807) is 12.1 Å². The van der Waals surface area contributed by atoms with Crippen LogP contribution in [0.2, 0.25) is 0 Å². The van der Waals surface area contributed by atoms with Crippen LogP contribution in [0.15, 0.2) is 24.3 Å². The molecule has 0 spiro atoms. The van der Waals surface area contributed by atoms with Crippen molar-refractivity contribution >= 4 is 16.9 Å². The molecule has 4 nitrogen and oxygen atoms in total. The number of fused-ring (bicyclic) bond motifs is 1. The van der Waals surface area contributed by atoms with Crippen LogP contribution in [0.3, 0.4) is 0 Å². The van der Waals surface area contributed by atoms with Crippen molar-refractivity contribution in [3.8, 4) is 0 Å². The molecule has 0 bridgehead atoms. The lowest BCUT2D eigenvalue weighted by molar-refractivity contribution is -0.267. The number of para-hydroxylation sites is 1. The normalized spacial score (nSPS) is 15.0. The number of carbonyl (C=O) groups is 1. The fraction of sp³-hybridized carbons (Fsp3) is 0.357. The molecule has 1 aromatic carbocycles. The van der Waals surface area contributed by atoms with E-state index in [9.17, 15) is 23.1 Å². The molecule has 0 saturated carbocycles. The third-order valence-corrected chi connectivity index (χ3v) is 3.24. The van der Waals surface area contributed by atoms with Crippen LogP contribution in [0.25, 0.3) is 10.9 Å². The Morgan fingerprint density at radius 3 is 2.52 bits per heavy atom. The molecule has 1 aromatic heterocycles. The number of aliphatic hydroxyl groups is 1.